The molecular formula is C15H12N4O3S. The van der Waals surface area contributed by atoms with Crippen LogP contribution in [-0.2, 0) is 6.54 Å². The van der Waals surface area contributed by atoms with E-state index in [1.54, 1.807) is 36.0 Å². The minimum absolute atomic E-state index is 0.0186. The number of pyridine rings is 1. The van der Waals surface area contributed by atoms with Crippen molar-refractivity contribution in [3.05, 3.63) is 64.4 Å². The van der Waals surface area contributed by atoms with E-state index in [-0.39, 0.29) is 17.6 Å². The van der Waals surface area contributed by atoms with E-state index in [9.17, 15) is 9.59 Å². The number of hydrogen-bond donors (Lipinski definition) is 2. The van der Waals surface area contributed by atoms with Crippen LogP contribution in [0.1, 0.15) is 25.7 Å². The first-order valence-corrected chi connectivity index (χ1v) is 7.58. The van der Waals surface area contributed by atoms with Crippen LogP contribution in [0.3, 0.4) is 0 Å². The molecular weight excluding hydrogens is 316 g/mol. The van der Waals surface area contributed by atoms with Crippen molar-refractivity contribution in [3.8, 4) is 0 Å². The number of nitrogens with one attached hydrogen (secondary N) is 2. The second-order valence-corrected chi connectivity index (χ2v) is 5.46. The fourth-order valence-corrected chi connectivity index (χ4v) is 2.40. The van der Waals surface area contributed by atoms with E-state index in [0.717, 1.165) is 5.56 Å². The topological polar surface area (TPSA) is 97.1 Å². The summed E-state index contributed by atoms with van der Waals surface area (Å²) in [5.74, 6) is -0.724. The molecule has 0 aromatic carbocycles. The Balaban J connectivity index is 1.58. The van der Waals surface area contributed by atoms with E-state index < -0.39 is 5.91 Å². The van der Waals surface area contributed by atoms with Gasteiger partial charge in [-0.1, -0.05) is 12.1 Å². The summed E-state index contributed by atoms with van der Waals surface area (Å²) in [6, 6.07) is 7.07. The fourth-order valence-electron chi connectivity index (χ4n) is 1.78. The molecule has 3 heterocycles. The number of carbonyl (C=O) groups is 2. The van der Waals surface area contributed by atoms with E-state index in [1.807, 2.05) is 6.07 Å². The quantitative estimate of drug-likeness (QED) is 0.749. The van der Waals surface area contributed by atoms with Gasteiger partial charge >= 0.3 is 6.01 Å². The molecule has 0 bridgehead atoms. The first kappa shape index (κ1) is 14.9. The Kier molecular flexibility index (Phi) is 4.44. The Labute approximate surface area is 135 Å². The van der Waals surface area contributed by atoms with Crippen LogP contribution >= 0.6 is 11.3 Å². The summed E-state index contributed by atoms with van der Waals surface area (Å²) >= 11 is 1.30. The van der Waals surface area contributed by atoms with Crippen molar-refractivity contribution in [1.29, 1.82) is 0 Å². The van der Waals surface area contributed by atoms with Crippen molar-refractivity contribution in [1.82, 2.24) is 15.3 Å². The van der Waals surface area contributed by atoms with Crippen LogP contribution < -0.4 is 10.6 Å². The number of amides is 2. The summed E-state index contributed by atoms with van der Waals surface area (Å²) in [5, 5.41) is 6.99. The third kappa shape index (κ3) is 3.80. The number of carbonyl (C=O) groups excluding carboxylic acids is 2. The Bertz CT molecular complexity index is 799. The Morgan fingerprint density at radius 2 is 2.13 bits per heavy atom. The maximum absolute atomic E-state index is 12.0. The van der Waals surface area contributed by atoms with Gasteiger partial charge in [0.1, 0.15) is 6.26 Å². The molecule has 3 aromatic rings. The third-order valence-corrected chi connectivity index (χ3v) is 3.75. The highest BCUT2D eigenvalue weighted by molar-refractivity contribution is 7.12. The zero-order chi connectivity index (χ0) is 16.1. The van der Waals surface area contributed by atoms with Gasteiger partial charge < -0.3 is 9.73 Å². The summed E-state index contributed by atoms with van der Waals surface area (Å²) in [6.45, 7) is 0.330. The molecule has 0 radical (unpaired) electrons. The normalized spacial score (nSPS) is 10.3. The Morgan fingerprint density at radius 3 is 2.87 bits per heavy atom. The largest absolute Gasteiger partial charge is 0.431 e. The van der Waals surface area contributed by atoms with Crippen LogP contribution in [-0.4, -0.2) is 21.8 Å². The second kappa shape index (κ2) is 6.84. The lowest BCUT2D eigenvalue weighted by molar-refractivity contribution is 0.0944. The minimum Gasteiger partial charge on any atom is -0.431 e. The fraction of sp³-hybridized carbons (Fsp3) is 0.0667. The molecule has 0 aliphatic rings. The number of hydrogen-bond acceptors (Lipinski definition) is 6. The van der Waals surface area contributed by atoms with Crippen molar-refractivity contribution in [2.75, 3.05) is 5.32 Å². The third-order valence-electron chi connectivity index (χ3n) is 2.88. The van der Waals surface area contributed by atoms with Crippen LogP contribution in [0.2, 0.25) is 0 Å². The summed E-state index contributed by atoms with van der Waals surface area (Å²) in [6.07, 6.45) is 4.52. The maximum atomic E-state index is 12.0. The molecule has 2 N–H and O–H groups in total. The van der Waals surface area contributed by atoms with Crippen LogP contribution in [0.5, 0.6) is 0 Å². The second-order valence-electron chi connectivity index (χ2n) is 4.51. The number of oxazole rings is 1. The molecule has 0 aliphatic heterocycles. The van der Waals surface area contributed by atoms with Gasteiger partial charge in [0, 0.05) is 18.9 Å². The molecule has 0 atom stereocenters. The number of aromatic nitrogens is 2. The maximum Gasteiger partial charge on any atom is 0.302 e. The highest BCUT2D eigenvalue weighted by Gasteiger charge is 2.15. The summed E-state index contributed by atoms with van der Waals surface area (Å²) in [4.78, 5) is 32.3. The lowest BCUT2D eigenvalue weighted by Crippen LogP contribution is -2.23. The van der Waals surface area contributed by atoms with E-state index in [1.165, 1.54) is 17.6 Å². The summed E-state index contributed by atoms with van der Waals surface area (Å²) < 4.78 is 5.09. The monoisotopic (exact) mass is 328 g/mol. The van der Waals surface area contributed by atoms with E-state index in [2.05, 4.69) is 20.6 Å². The minimum atomic E-state index is -0.394. The van der Waals surface area contributed by atoms with Crippen LogP contribution in [0.15, 0.2) is 52.7 Å². The van der Waals surface area contributed by atoms with Crippen LogP contribution in [0.25, 0.3) is 0 Å². The van der Waals surface area contributed by atoms with Crippen molar-refractivity contribution in [2.24, 2.45) is 0 Å². The van der Waals surface area contributed by atoms with Crippen LogP contribution in [0, 0.1) is 0 Å². The molecule has 0 spiro atoms. The SMILES string of the molecule is O=C(NCc1cccnc1)c1coc(NC(=O)c2cccs2)n1. The van der Waals surface area contributed by atoms with Gasteiger partial charge in [0.15, 0.2) is 5.69 Å². The van der Waals surface area contributed by atoms with Crippen molar-refractivity contribution in [2.45, 2.75) is 6.54 Å². The van der Waals surface area contributed by atoms with Gasteiger partial charge in [-0.2, -0.15) is 4.98 Å². The number of nitrogens with zero attached hydrogens (tertiary/aromatic N) is 2. The molecule has 8 heteroatoms. The zero-order valence-corrected chi connectivity index (χ0v) is 12.7. The van der Waals surface area contributed by atoms with Crippen LogP contribution in [0.4, 0.5) is 6.01 Å². The van der Waals surface area contributed by atoms with Crippen molar-refractivity contribution >= 4 is 29.2 Å². The molecule has 23 heavy (non-hydrogen) atoms. The first-order valence-electron chi connectivity index (χ1n) is 6.70. The Morgan fingerprint density at radius 1 is 1.22 bits per heavy atom. The molecule has 0 saturated heterocycles. The molecule has 7 nitrogen and oxygen atoms in total. The standard InChI is InChI=1S/C15H12N4O3S/c20-13(17-8-10-3-1-5-16-7-10)11-9-22-15(18-11)19-14(21)12-4-2-6-23-12/h1-7,9H,8H2,(H,17,20)(H,18,19,21). The Hall–Kier alpha value is -3.00. The molecule has 2 amide bonds. The van der Waals surface area contributed by atoms with Crippen molar-refractivity contribution in [3.63, 3.8) is 0 Å². The van der Waals surface area contributed by atoms with E-state index >= 15 is 0 Å². The van der Waals surface area contributed by atoms with Gasteiger partial charge in [-0.15, -0.1) is 11.3 Å². The predicted octanol–water partition coefficient (Wildman–Crippen LogP) is 2.31. The average Bonchev–Trinajstić information content (AvgIpc) is 3.25. The van der Waals surface area contributed by atoms with Gasteiger partial charge in [-0.05, 0) is 23.1 Å². The van der Waals surface area contributed by atoms with Gasteiger partial charge in [0.25, 0.3) is 11.8 Å². The molecule has 0 fully saturated rings. The zero-order valence-electron chi connectivity index (χ0n) is 11.9. The number of anilines is 1. The molecule has 0 saturated carbocycles. The first-order chi connectivity index (χ1) is 11.2. The molecule has 116 valence electrons. The van der Waals surface area contributed by atoms with E-state index in [0.29, 0.717) is 11.4 Å². The van der Waals surface area contributed by atoms with Gasteiger partial charge in [-0.25, -0.2) is 0 Å². The molecule has 0 aliphatic carbocycles. The summed E-state index contributed by atoms with van der Waals surface area (Å²) in [5.41, 5.74) is 0.964. The van der Waals surface area contributed by atoms with Gasteiger partial charge in [-0.3, -0.25) is 19.9 Å². The van der Waals surface area contributed by atoms with E-state index in [4.69, 9.17) is 4.42 Å². The highest BCUT2D eigenvalue weighted by atomic mass is 32.1. The number of thiophene rings is 1. The smallest absolute Gasteiger partial charge is 0.302 e. The molecule has 0 unspecified atom stereocenters. The number of rotatable bonds is 5. The van der Waals surface area contributed by atoms with Gasteiger partial charge in [0.2, 0.25) is 0 Å². The summed E-state index contributed by atoms with van der Waals surface area (Å²) in [7, 11) is 0. The van der Waals surface area contributed by atoms with Crippen molar-refractivity contribution < 1.29 is 14.0 Å². The predicted molar refractivity (Wildman–Crippen MR) is 84.2 cm³/mol. The molecule has 3 rings (SSSR count). The highest BCUT2D eigenvalue weighted by Crippen LogP contribution is 2.13. The van der Waals surface area contributed by atoms with Gasteiger partial charge in [0.05, 0.1) is 4.88 Å². The lowest BCUT2D eigenvalue weighted by atomic mass is 10.3. The lowest BCUT2D eigenvalue weighted by Gasteiger charge is -2.01. The average molecular weight is 328 g/mol. The molecule has 3 aromatic heterocycles.